The Morgan fingerprint density at radius 2 is 2.04 bits per heavy atom. The summed E-state index contributed by atoms with van der Waals surface area (Å²) in [5, 5.41) is 11.8. The van der Waals surface area contributed by atoms with Crippen LogP contribution in [-0.2, 0) is 6.42 Å². The van der Waals surface area contributed by atoms with Gasteiger partial charge in [-0.05, 0) is 43.2 Å². The van der Waals surface area contributed by atoms with E-state index in [1.165, 1.54) is 12.1 Å². The molecule has 0 saturated carbocycles. The normalized spacial score (nSPS) is 10.8. The standard InChI is InChI=1S/C18H17N3O3/c1-3-14-16(21-10-11(2)7-8-15(21)20-14)17(22)19-13-6-4-5-12(9-13)18(23)24/h4-10H,3H2,1-2H3,(H,19,22)(H,23,24). The maximum atomic E-state index is 12.7. The van der Waals surface area contributed by atoms with Gasteiger partial charge in [-0.1, -0.05) is 19.1 Å². The van der Waals surface area contributed by atoms with Crippen molar-refractivity contribution >= 4 is 23.2 Å². The molecule has 0 aliphatic carbocycles. The molecule has 0 fully saturated rings. The van der Waals surface area contributed by atoms with Gasteiger partial charge in [-0.15, -0.1) is 0 Å². The molecular weight excluding hydrogens is 306 g/mol. The van der Waals surface area contributed by atoms with E-state index in [1.807, 2.05) is 32.2 Å². The minimum atomic E-state index is -1.04. The highest BCUT2D eigenvalue weighted by Gasteiger charge is 2.18. The summed E-state index contributed by atoms with van der Waals surface area (Å²) in [6, 6.07) is 9.98. The number of hydrogen-bond donors (Lipinski definition) is 2. The topological polar surface area (TPSA) is 83.7 Å². The lowest BCUT2D eigenvalue weighted by atomic mass is 10.2. The highest BCUT2D eigenvalue weighted by atomic mass is 16.4. The van der Waals surface area contributed by atoms with Crippen LogP contribution in [0.5, 0.6) is 0 Å². The maximum absolute atomic E-state index is 12.7. The number of imidazole rings is 1. The fourth-order valence-electron chi connectivity index (χ4n) is 2.61. The molecule has 122 valence electrons. The fourth-order valence-corrected chi connectivity index (χ4v) is 2.61. The van der Waals surface area contributed by atoms with Crippen molar-refractivity contribution in [2.75, 3.05) is 5.32 Å². The minimum Gasteiger partial charge on any atom is -0.478 e. The summed E-state index contributed by atoms with van der Waals surface area (Å²) >= 11 is 0. The fraction of sp³-hybridized carbons (Fsp3) is 0.167. The molecule has 1 aromatic carbocycles. The van der Waals surface area contributed by atoms with Gasteiger partial charge in [0.05, 0.1) is 11.3 Å². The van der Waals surface area contributed by atoms with E-state index in [4.69, 9.17) is 5.11 Å². The first kappa shape index (κ1) is 15.7. The highest BCUT2D eigenvalue weighted by Crippen LogP contribution is 2.18. The lowest BCUT2D eigenvalue weighted by Gasteiger charge is -2.08. The first-order valence-corrected chi connectivity index (χ1v) is 7.62. The molecule has 0 saturated heterocycles. The number of nitrogens with zero attached hydrogens (tertiary/aromatic N) is 2. The van der Waals surface area contributed by atoms with Gasteiger partial charge in [0.25, 0.3) is 5.91 Å². The second kappa shape index (κ2) is 6.16. The number of nitrogens with one attached hydrogen (secondary N) is 1. The first-order chi connectivity index (χ1) is 11.5. The molecule has 0 atom stereocenters. The van der Waals surface area contributed by atoms with Crippen molar-refractivity contribution < 1.29 is 14.7 Å². The SMILES string of the molecule is CCc1nc2ccc(C)cn2c1C(=O)Nc1cccc(C(=O)O)c1. The molecule has 24 heavy (non-hydrogen) atoms. The predicted molar refractivity (Wildman–Crippen MR) is 90.7 cm³/mol. The Morgan fingerprint density at radius 3 is 2.75 bits per heavy atom. The Hall–Kier alpha value is -3.15. The molecule has 1 amide bonds. The number of benzene rings is 1. The number of pyridine rings is 1. The van der Waals surface area contributed by atoms with Crippen LogP contribution in [0.1, 0.15) is 39.0 Å². The molecule has 0 unspecified atom stereocenters. The summed E-state index contributed by atoms with van der Waals surface area (Å²) in [5.41, 5.74) is 3.46. The highest BCUT2D eigenvalue weighted by molar-refractivity contribution is 6.05. The van der Waals surface area contributed by atoms with E-state index in [2.05, 4.69) is 10.3 Å². The van der Waals surface area contributed by atoms with Crippen molar-refractivity contribution in [2.24, 2.45) is 0 Å². The molecule has 0 bridgehead atoms. The third-order valence-corrected chi connectivity index (χ3v) is 3.76. The number of amides is 1. The van der Waals surface area contributed by atoms with Crippen LogP contribution >= 0.6 is 0 Å². The van der Waals surface area contributed by atoms with Crippen molar-refractivity contribution in [3.8, 4) is 0 Å². The number of carbonyl (C=O) groups is 2. The quantitative estimate of drug-likeness (QED) is 0.772. The predicted octanol–water partition coefficient (Wildman–Crippen LogP) is 3.16. The number of fused-ring (bicyclic) bond motifs is 1. The van der Waals surface area contributed by atoms with Gasteiger partial charge in [0, 0.05) is 11.9 Å². The zero-order chi connectivity index (χ0) is 17.3. The number of carboxylic acid groups (broad SMARTS) is 1. The van der Waals surface area contributed by atoms with Gasteiger partial charge in [0.2, 0.25) is 0 Å². The zero-order valence-corrected chi connectivity index (χ0v) is 13.4. The molecule has 0 spiro atoms. The Balaban J connectivity index is 2.01. The lowest BCUT2D eigenvalue weighted by molar-refractivity contribution is 0.0696. The van der Waals surface area contributed by atoms with Crippen molar-refractivity contribution in [2.45, 2.75) is 20.3 Å². The van der Waals surface area contributed by atoms with Crippen molar-refractivity contribution in [3.05, 3.63) is 65.1 Å². The largest absolute Gasteiger partial charge is 0.478 e. The number of aryl methyl sites for hydroxylation is 2. The number of aromatic nitrogens is 2. The van der Waals surface area contributed by atoms with Crippen LogP contribution in [0.3, 0.4) is 0 Å². The van der Waals surface area contributed by atoms with E-state index < -0.39 is 5.97 Å². The first-order valence-electron chi connectivity index (χ1n) is 7.62. The Kier molecular flexibility index (Phi) is 4.04. The molecular formula is C18H17N3O3. The molecule has 2 N–H and O–H groups in total. The van der Waals surface area contributed by atoms with Gasteiger partial charge in [-0.2, -0.15) is 0 Å². The van der Waals surface area contributed by atoms with Gasteiger partial charge >= 0.3 is 5.97 Å². The maximum Gasteiger partial charge on any atom is 0.335 e. The molecule has 0 aliphatic rings. The van der Waals surface area contributed by atoms with Gasteiger partial charge in [0.1, 0.15) is 11.3 Å². The lowest BCUT2D eigenvalue weighted by Crippen LogP contribution is -2.16. The number of carboxylic acids is 1. The van der Waals surface area contributed by atoms with Gasteiger partial charge in [-0.25, -0.2) is 9.78 Å². The smallest absolute Gasteiger partial charge is 0.335 e. The second-order valence-corrected chi connectivity index (χ2v) is 5.54. The van der Waals surface area contributed by atoms with E-state index >= 15 is 0 Å². The van der Waals surface area contributed by atoms with E-state index in [1.54, 1.807) is 16.5 Å². The second-order valence-electron chi connectivity index (χ2n) is 5.54. The number of hydrogen-bond acceptors (Lipinski definition) is 3. The van der Waals surface area contributed by atoms with Gasteiger partial charge in [-0.3, -0.25) is 9.20 Å². The third-order valence-electron chi connectivity index (χ3n) is 3.76. The van der Waals surface area contributed by atoms with E-state index in [0.29, 0.717) is 29.1 Å². The molecule has 2 aromatic heterocycles. The van der Waals surface area contributed by atoms with Crippen LogP contribution in [-0.4, -0.2) is 26.4 Å². The Bertz CT molecular complexity index is 944. The molecule has 0 aliphatic heterocycles. The van der Waals surface area contributed by atoms with Gasteiger partial charge < -0.3 is 10.4 Å². The van der Waals surface area contributed by atoms with Crippen LogP contribution in [0.25, 0.3) is 5.65 Å². The molecule has 6 nitrogen and oxygen atoms in total. The third kappa shape index (κ3) is 2.86. The van der Waals surface area contributed by atoms with Crippen LogP contribution < -0.4 is 5.32 Å². The number of anilines is 1. The average molecular weight is 323 g/mol. The summed E-state index contributed by atoms with van der Waals surface area (Å²) in [5.74, 6) is -1.35. The summed E-state index contributed by atoms with van der Waals surface area (Å²) in [6.07, 6.45) is 2.49. The van der Waals surface area contributed by atoms with Crippen molar-refractivity contribution in [1.82, 2.24) is 9.38 Å². The Morgan fingerprint density at radius 1 is 1.25 bits per heavy atom. The summed E-state index contributed by atoms with van der Waals surface area (Å²) in [4.78, 5) is 28.3. The van der Waals surface area contributed by atoms with Crippen LogP contribution in [0.15, 0.2) is 42.6 Å². The monoisotopic (exact) mass is 323 g/mol. The number of rotatable bonds is 4. The van der Waals surface area contributed by atoms with Crippen LogP contribution in [0.4, 0.5) is 5.69 Å². The molecule has 2 heterocycles. The van der Waals surface area contributed by atoms with E-state index in [0.717, 1.165) is 5.56 Å². The zero-order valence-electron chi connectivity index (χ0n) is 13.4. The summed E-state index contributed by atoms with van der Waals surface area (Å²) in [7, 11) is 0. The summed E-state index contributed by atoms with van der Waals surface area (Å²) < 4.78 is 1.77. The van der Waals surface area contributed by atoms with E-state index in [-0.39, 0.29) is 11.5 Å². The van der Waals surface area contributed by atoms with Gasteiger partial charge in [0.15, 0.2) is 0 Å². The summed E-state index contributed by atoms with van der Waals surface area (Å²) in [6.45, 7) is 3.89. The molecule has 3 rings (SSSR count). The Labute approximate surface area is 138 Å². The molecule has 0 radical (unpaired) electrons. The molecule has 3 aromatic rings. The molecule has 6 heteroatoms. The number of aromatic carboxylic acids is 1. The number of carbonyl (C=O) groups excluding carboxylic acids is 1. The average Bonchev–Trinajstić information content (AvgIpc) is 2.92. The minimum absolute atomic E-state index is 0.123. The van der Waals surface area contributed by atoms with E-state index in [9.17, 15) is 9.59 Å². The van der Waals surface area contributed by atoms with Crippen molar-refractivity contribution in [1.29, 1.82) is 0 Å². The van der Waals surface area contributed by atoms with Crippen molar-refractivity contribution in [3.63, 3.8) is 0 Å². The van der Waals surface area contributed by atoms with Crippen LogP contribution in [0.2, 0.25) is 0 Å². The van der Waals surface area contributed by atoms with Crippen LogP contribution in [0, 0.1) is 6.92 Å².